The molecule has 1 aromatic heterocycles. The highest BCUT2D eigenvalue weighted by molar-refractivity contribution is 6.35. The number of nitrogens with one attached hydrogen (secondary N) is 1. The van der Waals surface area contributed by atoms with Gasteiger partial charge in [-0.3, -0.25) is 9.48 Å². The summed E-state index contributed by atoms with van der Waals surface area (Å²) >= 11 is 12.3. The minimum atomic E-state index is -3.00. The first kappa shape index (κ1) is 20.9. The van der Waals surface area contributed by atoms with Gasteiger partial charge in [-0.25, -0.2) is 0 Å². The molecule has 0 fully saturated rings. The second-order valence-corrected chi connectivity index (χ2v) is 6.64. The van der Waals surface area contributed by atoms with Crippen molar-refractivity contribution in [1.82, 2.24) is 9.78 Å². The highest BCUT2D eigenvalue weighted by atomic mass is 35.5. The summed E-state index contributed by atoms with van der Waals surface area (Å²) in [7, 11) is 1.29. The quantitative estimate of drug-likeness (QED) is 0.553. The summed E-state index contributed by atoms with van der Waals surface area (Å²) in [5.41, 5.74) is 1.34. The van der Waals surface area contributed by atoms with Gasteiger partial charge < -0.3 is 14.8 Å². The van der Waals surface area contributed by atoms with E-state index in [1.165, 1.54) is 31.5 Å². The number of nitrogens with zero attached hydrogens (tertiary/aromatic N) is 2. The van der Waals surface area contributed by atoms with Gasteiger partial charge in [-0.05, 0) is 30.3 Å². The van der Waals surface area contributed by atoms with Gasteiger partial charge >= 0.3 is 6.61 Å². The predicted molar refractivity (Wildman–Crippen MR) is 105 cm³/mol. The first-order valence-corrected chi connectivity index (χ1v) is 9.02. The second kappa shape index (κ2) is 9.11. The second-order valence-electron chi connectivity index (χ2n) is 5.83. The number of carbonyl (C=O) groups excluding carboxylic acids is 1. The van der Waals surface area contributed by atoms with E-state index < -0.39 is 12.5 Å². The molecule has 0 spiro atoms. The predicted octanol–water partition coefficient (Wildman–Crippen LogP) is 5.10. The van der Waals surface area contributed by atoms with Crippen molar-refractivity contribution in [2.45, 2.75) is 13.2 Å². The van der Waals surface area contributed by atoms with Crippen molar-refractivity contribution >= 4 is 34.8 Å². The lowest BCUT2D eigenvalue weighted by Gasteiger charge is -2.11. The monoisotopic (exact) mass is 441 g/mol. The zero-order valence-electron chi connectivity index (χ0n) is 15.0. The number of amides is 1. The van der Waals surface area contributed by atoms with Gasteiger partial charge in [0.1, 0.15) is 0 Å². The number of hydrogen-bond acceptors (Lipinski definition) is 4. The average Bonchev–Trinajstić information content (AvgIpc) is 3.11. The van der Waals surface area contributed by atoms with Crippen molar-refractivity contribution in [3.63, 3.8) is 0 Å². The van der Waals surface area contributed by atoms with E-state index >= 15 is 0 Å². The van der Waals surface area contributed by atoms with Crippen LogP contribution in [0.1, 0.15) is 15.9 Å². The van der Waals surface area contributed by atoms with Gasteiger partial charge in [0.15, 0.2) is 11.5 Å². The first-order chi connectivity index (χ1) is 13.9. The van der Waals surface area contributed by atoms with E-state index in [4.69, 9.17) is 27.9 Å². The van der Waals surface area contributed by atoms with Gasteiger partial charge in [0.25, 0.3) is 5.91 Å². The normalized spacial score (nSPS) is 10.8. The molecule has 10 heteroatoms. The highest BCUT2D eigenvalue weighted by Crippen LogP contribution is 2.30. The van der Waals surface area contributed by atoms with E-state index in [2.05, 4.69) is 15.2 Å². The maximum Gasteiger partial charge on any atom is 0.387 e. The van der Waals surface area contributed by atoms with Crippen LogP contribution < -0.4 is 14.8 Å². The summed E-state index contributed by atoms with van der Waals surface area (Å²) in [5, 5.41) is 7.87. The van der Waals surface area contributed by atoms with E-state index in [1.807, 2.05) is 0 Å². The molecule has 0 unspecified atom stereocenters. The molecule has 1 N–H and O–H groups in total. The Kier molecular flexibility index (Phi) is 6.56. The third-order valence-electron chi connectivity index (χ3n) is 3.91. The fraction of sp³-hybridized carbons (Fsp3) is 0.158. The summed E-state index contributed by atoms with van der Waals surface area (Å²) in [5.74, 6) is -0.618. The Bertz CT molecular complexity index is 1010. The van der Waals surface area contributed by atoms with Crippen LogP contribution in [-0.4, -0.2) is 29.4 Å². The van der Waals surface area contributed by atoms with Crippen LogP contribution in [0.3, 0.4) is 0 Å². The molecule has 0 saturated heterocycles. The number of ether oxygens (including phenoxy) is 2. The SMILES string of the molecule is COc1cc(C(=O)Nc2cnn(Cc3c(Cl)cccc3Cl)c2)ccc1OC(F)F. The van der Waals surface area contributed by atoms with Crippen LogP contribution in [-0.2, 0) is 6.54 Å². The number of methoxy groups -OCH3 is 1. The molecular formula is C19H15Cl2F2N3O3. The van der Waals surface area contributed by atoms with E-state index in [0.717, 1.165) is 0 Å². The minimum absolute atomic E-state index is 0.0157. The number of halogens is 4. The third kappa shape index (κ3) is 5.16. The lowest BCUT2D eigenvalue weighted by atomic mass is 10.2. The molecule has 2 aromatic carbocycles. The Morgan fingerprint density at radius 2 is 1.93 bits per heavy atom. The molecule has 6 nitrogen and oxygen atoms in total. The molecular weight excluding hydrogens is 427 g/mol. The Hall–Kier alpha value is -2.84. The zero-order chi connectivity index (χ0) is 21.0. The maximum absolute atomic E-state index is 12.5. The smallest absolute Gasteiger partial charge is 0.387 e. The van der Waals surface area contributed by atoms with E-state index in [9.17, 15) is 13.6 Å². The van der Waals surface area contributed by atoms with Crippen molar-refractivity contribution in [2.24, 2.45) is 0 Å². The Labute approximate surface area is 174 Å². The standard InChI is InChI=1S/C19H15Cl2F2N3O3/c1-28-17-7-11(5-6-16(17)29-19(22)23)18(27)25-12-8-24-26(9-12)10-13-14(20)3-2-4-15(13)21/h2-9,19H,10H2,1H3,(H,25,27). The highest BCUT2D eigenvalue weighted by Gasteiger charge is 2.15. The number of aromatic nitrogens is 2. The van der Waals surface area contributed by atoms with Crippen LogP contribution in [0.4, 0.5) is 14.5 Å². The zero-order valence-corrected chi connectivity index (χ0v) is 16.5. The molecule has 0 bridgehead atoms. The first-order valence-electron chi connectivity index (χ1n) is 8.27. The molecule has 0 aliphatic carbocycles. The molecule has 1 heterocycles. The third-order valence-corrected chi connectivity index (χ3v) is 4.62. The van der Waals surface area contributed by atoms with Crippen LogP contribution in [0.15, 0.2) is 48.8 Å². The van der Waals surface area contributed by atoms with Crippen molar-refractivity contribution in [3.05, 3.63) is 70.0 Å². The Morgan fingerprint density at radius 3 is 2.59 bits per heavy atom. The van der Waals surface area contributed by atoms with Gasteiger partial charge in [0, 0.05) is 27.4 Å². The topological polar surface area (TPSA) is 65.4 Å². The van der Waals surface area contributed by atoms with Gasteiger partial charge in [0.05, 0.1) is 25.5 Å². The van der Waals surface area contributed by atoms with Crippen molar-refractivity contribution in [1.29, 1.82) is 0 Å². The molecule has 0 aliphatic rings. The summed E-state index contributed by atoms with van der Waals surface area (Å²) in [6.45, 7) is -2.68. The van der Waals surface area contributed by atoms with Crippen LogP contribution in [0.25, 0.3) is 0 Å². The van der Waals surface area contributed by atoms with E-state index in [1.54, 1.807) is 29.1 Å². The molecule has 3 aromatic rings. The van der Waals surface area contributed by atoms with Gasteiger partial charge in [-0.15, -0.1) is 0 Å². The molecule has 0 aliphatic heterocycles. The number of anilines is 1. The Balaban J connectivity index is 1.72. The minimum Gasteiger partial charge on any atom is -0.493 e. The summed E-state index contributed by atoms with van der Waals surface area (Å²) < 4.78 is 35.7. The lowest BCUT2D eigenvalue weighted by Crippen LogP contribution is -2.12. The van der Waals surface area contributed by atoms with Crippen molar-refractivity contribution in [3.8, 4) is 11.5 Å². The van der Waals surface area contributed by atoms with Gasteiger partial charge in [0.2, 0.25) is 0 Å². The van der Waals surface area contributed by atoms with E-state index in [-0.39, 0.29) is 17.1 Å². The number of alkyl halides is 2. The van der Waals surface area contributed by atoms with Crippen LogP contribution in [0.5, 0.6) is 11.5 Å². The number of rotatable bonds is 7. The van der Waals surface area contributed by atoms with E-state index in [0.29, 0.717) is 27.8 Å². The molecule has 152 valence electrons. The number of hydrogen-bond donors (Lipinski definition) is 1. The summed E-state index contributed by atoms with van der Waals surface area (Å²) in [4.78, 5) is 12.5. The molecule has 0 atom stereocenters. The summed E-state index contributed by atoms with van der Waals surface area (Å²) in [6.07, 6.45) is 3.08. The Morgan fingerprint density at radius 1 is 1.21 bits per heavy atom. The summed E-state index contributed by atoms with van der Waals surface area (Å²) in [6, 6.07) is 9.09. The van der Waals surface area contributed by atoms with Crippen LogP contribution in [0.2, 0.25) is 10.0 Å². The largest absolute Gasteiger partial charge is 0.493 e. The van der Waals surface area contributed by atoms with Gasteiger partial charge in [-0.1, -0.05) is 29.3 Å². The van der Waals surface area contributed by atoms with Crippen molar-refractivity contribution in [2.75, 3.05) is 12.4 Å². The fourth-order valence-electron chi connectivity index (χ4n) is 2.57. The van der Waals surface area contributed by atoms with Gasteiger partial charge in [-0.2, -0.15) is 13.9 Å². The van der Waals surface area contributed by atoms with Crippen LogP contribution >= 0.6 is 23.2 Å². The number of carbonyl (C=O) groups is 1. The lowest BCUT2D eigenvalue weighted by molar-refractivity contribution is -0.0512. The molecule has 29 heavy (non-hydrogen) atoms. The fourth-order valence-corrected chi connectivity index (χ4v) is 3.08. The molecule has 1 amide bonds. The number of benzene rings is 2. The molecule has 3 rings (SSSR count). The molecule has 0 saturated carbocycles. The van der Waals surface area contributed by atoms with Crippen LogP contribution in [0, 0.1) is 0 Å². The molecule has 0 radical (unpaired) electrons. The van der Waals surface area contributed by atoms with Crippen molar-refractivity contribution < 1.29 is 23.0 Å². The average molecular weight is 442 g/mol. The maximum atomic E-state index is 12.5.